The Morgan fingerprint density at radius 2 is 1.84 bits per heavy atom. The summed E-state index contributed by atoms with van der Waals surface area (Å²) in [4.78, 5) is 35.6. The lowest BCUT2D eigenvalue weighted by Gasteiger charge is -2.42. The van der Waals surface area contributed by atoms with Gasteiger partial charge in [0.15, 0.2) is 0 Å². The number of ether oxygens (including phenoxy) is 2. The Morgan fingerprint density at radius 3 is 2.47 bits per heavy atom. The molecule has 12 heteroatoms. The highest BCUT2D eigenvalue weighted by atomic mass is 35.5. The van der Waals surface area contributed by atoms with Crippen molar-refractivity contribution >= 4 is 34.9 Å². The van der Waals surface area contributed by atoms with Gasteiger partial charge in [-0.1, -0.05) is 35.3 Å². The maximum absolute atomic E-state index is 16.8. The van der Waals surface area contributed by atoms with E-state index < -0.39 is 47.1 Å². The summed E-state index contributed by atoms with van der Waals surface area (Å²) in [5.41, 5.74) is -7.58. The first-order valence-corrected chi connectivity index (χ1v) is 14.6. The van der Waals surface area contributed by atoms with Crippen LogP contribution in [-0.4, -0.2) is 56.7 Å². The van der Waals surface area contributed by atoms with Crippen LogP contribution in [0.5, 0.6) is 0 Å². The molecule has 43 heavy (non-hydrogen) atoms. The summed E-state index contributed by atoms with van der Waals surface area (Å²) in [5.74, 6) is -2.68. The molecule has 3 aromatic rings. The molecular formula is C31H29Cl2F2N3O5. The average Bonchev–Trinajstić information content (AvgIpc) is 3.52. The fourth-order valence-corrected chi connectivity index (χ4v) is 6.29. The lowest BCUT2D eigenvalue weighted by Crippen LogP contribution is -2.50. The molecule has 2 aromatic carbocycles. The van der Waals surface area contributed by atoms with Crippen LogP contribution in [0.15, 0.2) is 48.8 Å². The van der Waals surface area contributed by atoms with Crippen molar-refractivity contribution in [2.45, 2.75) is 68.6 Å². The number of rotatable bonds is 7. The molecule has 0 radical (unpaired) electrons. The van der Waals surface area contributed by atoms with Crippen molar-refractivity contribution in [3.8, 4) is 0 Å². The van der Waals surface area contributed by atoms with Crippen LogP contribution in [0.3, 0.4) is 0 Å². The third kappa shape index (κ3) is 5.13. The van der Waals surface area contributed by atoms with Gasteiger partial charge in [0.2, 0.25) is 5.72 Å². The molecule has 1 N–H and O–H groups in total. The molecule has 2 aliphatic heterocycles. The maximum atomic E-state index is 16.8. The SMILES string of the molecule is [2H]C([2H])(c1ncc(Cl)cn1)N1C(=O)c2cc(C(C)(O)C3(F)CCOCC3)cc(F)c2[C@]1(O[C@H]1CCC(=O)C1)c1ccc(Cl)cc1. The van der Waals surface area contributed by atoms with Gasteiger partial charge in [0.1, 0.15) is 28.7 Å². The number of fused-ring (bicyclic) bond motifs is 1. The lowest BCUT2D eigenvalue weighted by molar-refractivity contribution is -0.149. The fourth-order valence-electron chi connectivity index (χ4n) is 6.07. The van der Waals surface area contributed by atoms with Gasteiger partial charge in [0, 0.05) is 61.9 Å². The molecule has 3 heterocycles. The molecule has 1 unspecified atom stereocenters. The van der Waals surface area contributed by atoms with Crippen molar-refractivity contribution in [1.29, 1.82) is 0 Å². The molecule has 2 fully saturated rings. The normalized spacial score (nSPS) is 25.7. The van der Waals surface area contributed by atoms with Crippen LogP contribution in [0.1, 0.15) is 74.6 Å². The van der Waals surface area contributed by atoms with Crippen molar-refractivity contribution in [2.75, 3.05) is 13.2 Å². The number of halogens is 4. The van der Waals surface area contributed by atoms with E-state index in [1.54, 1.807) is 0 Å². The Morgan fingerprint density at radius 1 is 1.16 bits per heavy atom. The van der Waals surface area contributed by atoms with Crippen LogP contribution in [0.4, 0.5) is 8.78 Å². The number of alkyl halides is 1. The fraction of sp³-hybridized carbons (Fsp3) is 0.419. The zero-order valence-electron chi connectivity index (χ0n) is 25.1. The minimum absolute atomic E-state index is 0.0434. The van der Waals surface area contributed by atoms with E-state index >= 15 is 8.78 Å². The molecular weight excluding hydrogens is 603 g/mol. The van der Waals surface area contributed by atoms with Crippen LogP contribution in [0, 0.1) is 5.82 Å². The van der Waals surface area contributed by atoms with Crippen molar-refractivity contribution in [3.05, 3.63) is 92.7 Å². The van der Waals surface area contributed by atoms with Crippen molar-refractivity contribution < 1.29 is 35.7 Å². The smallest absolute Gasteiger partial charge is 0.257 e. The van der Waals surface area contributed by atoms with E-state index in [4.69, 9.17) is 32.7 Å². The second-order valence-corrected chi connectivity index (χ2v) is 12.1. The van der Waals surface area contributed by atoms with E-state index in [0.717, 1.165) is 18.5 Å². The maximum Gasteiger partial charge on any atom is 0.257 e. The Hall–Kier alpha value is -3.02. The molecule has 6 rings (SSSR count). The number of aliphatic hydroxyl groups is 1. The summed E-state index contributed by atoms with van der Waals surface area (Å²) >= 11 is 12.2. The predicted octanol–water partition coefficient (Wildman–Crippen LogP) is 5.64. The highest BCUT2D eigenvalue weighted by Crippen LogP contribution is 2.51. The lowest BCUT2D eigenvalue weighted by atomic mass is 9.75. The molecule has 1 amide bonds. The highest BCUT2D eigenvalue weighted by molar-refractivity contribution is 6.30. The van der Waals surface area contributed by atoms with Crippen LogP contribution in [0.25, 0.3) is 0 Å². The number of aromatic nitrogens is 2. The number of Topliss-reactive ketones (excluding diaryl/α,β-unsaturated/α-hetero) is 1. The molecule has 1 saturated heterocycles. The van der Waals surface area contributed by atoms with Gasteiger partial charge in [-0.15, -0.1) is 0 Å². The van der Waals surface area contributed by atoms with Crippen molar-refractivity contribution in [1.82, 2.24) is 14.9 Å². The third-order valence-corrected chi connectivity index (χ3v) is 8.95. The molecule has 226 valence electrons. The zero-order chi connectivity index (χ0) is 32.4. The number of carbonyl (C=O) groups excluding carboxylic acids is 2. The summed E-state index contributed by atoms with van der Waals surface area (Å²) < 4.78 is 63.3. The topological polar surface area (TPSA) is 102 Å². The summed E-state index contributed by atoms with van der Waals surface area (Å²) in [6.45, 7) is -1.56. The molecule has 8 nitrogen and oxygen atoms in total. The number of hydrogen-bond donors (Lipinski definition) is 1. The molecule has 1 saturated carbocycles. The summed E-state index contributed by atoms with van der Waals surface area (Å²) in [7, 11) is 0. The highest BCUT2D eigenvalue weighted by Gasteiger charge is 2.57. The zero-order valence-corrected chi connectivity index (χ0v) is 24.6. The van der Waals surface area contributed by atoms with E-state index in [-0.39, 0.29) is 78.4 Å². The number of nitrogens with zero attached hydrogens (tertiary/aromatic N) is 3. The minimum Gasteiger partial charge on any atom is -0.382 e. The predicted molar refractivity (Wildman–Crippen MR) is 153 cm³/mol. The Labute approximate surface area is 259 Å². The van der Waals surface area contributed by atoms with Crippen LogP contribution >= 0.6 is 23.2 Å². The average molecular weight is 635 g/mol. The standard InChI is InChI=1S/C31H29Cl2F2N3O5/c1-29(41,30(35)8-10-42-11-9-30)19-12-24-27(25(34)13-19)31(18-2-4-20(32)5-3-18,43-23-7-6-22(39)14-23)38(28(24)40)17-26-36-15-21(33)16-37-26/h2-5,12-13,15-16,23,41H,6-11,14,17H2,1H3/t23-,29?,31+/m0/s1/i17D2. The Bertz CT molecular complexity index is 1660. The first-order chi connectivity index (χ1) is 21.2. The Balaban J connectivity index is 1.62. The van der Waals surface area contributed by atoms with E-state index in [2.05, 4.69) is 9.97 Å². The molecule has 0 bridgehead atoms. The summed E-state index contributed by atoms with van der Waals surface area (Å²) in [6, 6.07) is 8.00. The number of benzene rings is 2. The Kier molecular flexibility index (Phi) is 7.14. The van der Waals surface area contributed by atoms with Gasteiger partial charge in [-0.05, 0) is 43.2 Å². The number of ketones is 1. The van der Waals surface area contributed by atoms with Gasteiger partial charge in [-0.2, -0.15) is 0 Å². The van der Waals surface area contributed by atoms with Gasteiger partial charge < -0.3 is 14.6 Å². The van der Waals surface area contributed by atoms with E-state index in [9.17, 15) is 17.4 Å². The quantitative estimate of drug-likeness (QED) is 0.359. The molecule has 0 spiro atoms. The monoisotopic (exact) mass is 633 g/mol. The van der Waals surface area contributed by atoms with Crippen LogP contribution in [-0.2, 0) is 32.1 Å². The first-order valence-electron chi connectivity index (χ1n) is 14.8. The second kappa shape index (κ2) is 11.2. The van der Waals surface area contributed by atoms with E-state index in [1.165, 1.54) is 37.3 Å². The van der Waals surface area contributed by atoms with Crippen molar-refractivity contribution in [2.24, 2.45) is 0 Å². The van der Waals surface area contributed by atoms with Gasteiger partial charge in [0.05, 0.1) is 31.5 Å². The largest absolute Gasteiger partial charge is 0.382 e. The third-order valence-electron chi connectivity index (χ3n) is 8.50. The van der Waals surface area contributed by atoms with Gasteiger partial charge >= 0.3 is 0 Å². The minimum atomic E-state index is -2.86. The van der Waals surface area contributed by atoms with Gasteiger partial charge in [0.25, 0.3) is 5.91 Å². The molecule has 3 atom stereocenters. The van der Waals surface area contributed by atoms with Crippen LogP contribution in [0.2, 0.25) is 10.0 Å². The summed E-state index contributed by atoms with van der Waals surface area (Å²) in [5, 5.41) is 12.0. The second-order valence-electron chi connectivity index (χ2n) is 11.2. The van der Waals surface area contributed by atoms with E-state index in [0.29, 0.717) is 9.92 Å². The van der Waals surface area contributed by atoms with Gasteiger partial charge in [-0.25, -0.2) is 18.7 Å². The first kappa shape index (κ1) is 27.5. The van der Waals surface area contributed by atoms with Crippen LogP contribution < -0.4 is 0 Å². The molecule has 1 aromatic heterocycles. The number of carbonyl (C=O) groups is 2. The van der Waals surface area contributed by atoms with Crippen molar-refractivity contribution in [3.63, 3.8) is 0 Å². The number of amides is 1. The molecule has 3 aliphatic rings. The summed E-state index contributed by atoms with van der Waals surface area (Å²) in [6.07, 6.45) is 1.53. The van der Waals surface area contributed by atoms with Gasteiger partial charge in [-0.3, -0.25) is 14.5 Å². The number of hydrogen-bond acceptors (Lipinski definition) is 7. The molecule has 1 aliphatic carbocycles. The van der Waals surface area contributed by atoms with E-state index in [1.807, 2.05) is 0 Å².